The van der Waals surface area contributed by atoms with Gasteiger partial charge in [-0.1, -0.05) is 17.3 Å². The molecule has 0 atom stereocenters. The van der Waals surface area contributed by atoms with Gasteiger partial charge >= 0.3 is 5.97 Å². The Bertz CT molecular complexity index is 758. The van der Waals surface area contributed by atoms with Crippen LogP contribution < -0.4 is 0 Å². The van der Waals surface area contributed by atoms with Crippen LogP contribution in [-0.4, -0.2) is 35.6 Å². The molecule has 1 N–H and O–H groups in total. The number of para-hydroxylation sites is 2. The number of carbonyl (C=O) groups is 1. The summed E-state index contributed by atoms with van der Waals surface area (Å²) < 4.78 is 3.18. The van der Waals surface area contributed by atoms with Crippen LogP contribution in [0.5, 0.6) is 0 Å². The zero-order valence-corrected chi connectivity index (χ0v) is 10.2. The van der Waals surface area contributed by atoms with Crippen LogP contribution >= 0.6 is 0 Å². The van der Waals surface area contributed by atoms with Gasteiger partial charge in [0.1, 0.15) is 12.2 Å². The quantitative estimate of drug-likeness (QED) is 0.754. The van der Waals surface area contributed by atoms with Gasteiger partial charge in [-0.05, 0) is 12.1 Å². The Balaban J connectivity index is 2.06. The molecule has 2 heterocycles. The Kier molecular flexibility index (Phi) is 2.52. The predicted molar refractivity (Wildman–Crippen MR) is 67.4 cm³/mol. The standard InChI is InChI=1S/C12H11N5O2/c1-16-10-5-3-2-4-8(10)13-12(16)9-6-17(15-14-9)7-11(18)19/h2-6H,7H2,1H3,(H,18,19). The molecule has 3 rings (SSSR count). The zero-order chi connectivity index (χ0) is 13.4. The van der Waals surface area contributed by atoms with E-state index < -0.39 is 5.97 Å². The first-order valence-electron chi connectivity index (χ1n) is 5.69. The number of imidazole rings is 1. The number of fused-ring (bicyclic) bond motifs is 1. The molecule has 0 saturated carbocycles. The molecule has 0 aliphatic carbocycles. The van der Waals surface area contributed by atoms with Crippen LogP contribution in [0.4, 0.5) is 0 Å². The molecular weight excluding hydrogens is 246 g/mol. The summed E-state index contributed by atoms with van der Waals surface area (Å²) in [7, 11) is 1.89. The topological polar surface area (TPSA) is 85.8 Å². The second-order valence-corrected chi connectivity index (χ2v) is 4.18. The minimum atomic E-state index is -0.957. The minimum Gasteiger partial charge on any atom is -0.480 e. The number of rotatable bonds is 3. The normalized spacial score (nSPS) is 11.0. The molecule has 0 aliphatic heterocycles. The highest BCUT2D eigenvalue weighted by molar-refractivity contribution is 5.79. The fourth-order valence-electron chi connectivity index (χ4n) is 1.99. The number of aliphatic carboxylic acids is 1. The highest BCUT2D eigenvalue weighted by atomic mass is 16.4. The Hall–Kier alpha value is -2.70. The van der Waals surface area contributed by atoms with E-state index in [1.54, 1.807) is 6.20 Å². The summed E-state index contributed by atoms with van der Waals surface area (Å²) in [5.74, 6) is -0.292. The Morgan fingerprint density at radius 1 is 1.37 bits per heavy atom. The van der Waals surface area contributed by atoms with Crippen molar-refractivity contribution in [3.63, 3.8) is 0 Å². The lowest BCUT2D eigenvalue weighted by Crippen LogP contribution is -2.08. The van der Waals surface area contributed by atoms with E-state index in [1.807, 2.05) is 35.9 Å². The van der Waals surface area contributed by atoms with Gasteiger partial charge in [-0.15, -0.1) is 5.10 Å². The van der Waals surface area contributed by atoms with E-state index in [4.69, 9.17) is 5.11 Å². The Morgan fingerprint density at radius 2 is 2.16 bits per heavy atom. The highest BCUT2D eigenvalue weighted by Crippen LogP contribution is 2.21. The molecule has 3 aromatic rings. The first-order chi connectivity index (χ1) is 9.15. The fraction of sp³-hybridized carbons (Fsp3) is 0.167. The van der Waals surface area contributed by atoms with E-state index in [1.165, 1.54) is 4.68 Å². The second kappa shape index (κ2) is 4.20. The van der Waals surface area contributed by atoms with E-state index in [0.717, 1.165) is 11.0 Å². The molecule has 0 bridgehead atoms. The van der Waals surface area contributed by atoms with Crippen LogP contribution in [-0.2, 0) is 18.4 Å². The van der Waals surface area contributed by atoms with Crippen molar-refractivity contribution in [2.45, 2.75) is 6.54 Å². The van der Waals surface area contributed by atoms with Gasteiger partial charge in [0.05, 0.1) is 17.2 Å². The number of hydrogen-bond donors (Lipinski definition) is 1. The molecule has 0 unspecified atom stereocenters. The third-order valence-electron chi connectivity index (χ3n) is 2.85. The van der Waals surface area contributed by atoms with Crippen molar-refractivity contribution in [3.8, 4) is 11.5 Å². The van der Waals surface area contributed by atoms with Crippen LogP contribution in [0, 0.1) is 0 Å². The van der Waals surface area contributed by atoms with Gasteiger partial charge in [-0.3, -0.25) is 4.79 Å². The Morgan fingerprint density at radius 3 is 2.89 bits per heavy atom. The van der Waals surface area contributed by atoms with Crippen molar-refractivity contribution < 1.29 is 9.90 Å². The summed E-state index contributed by atoms with van der Waals surface area (Å²) in [5.41, 5.74) is 2.41. The molecule has 96 valence electrons. The number of aryl methyl sites for hydroxylation is 1. The first-order valence-corrected chi connectivity index (χ1v) is 5.69. The smallest absolute Gasteiger partial charge is 0.325 e. The van der Waals surface area contributed by atoms with Gasteiger partial charge in [-0.2, -0.15) is 0 Å². The first kappa shape index (κ1) is 11.4. The van der Waals surface area contributed by atoms with E-state index in [9.17, 15) is 4.79 Å². The summed E-state index contributed by atoms with van der Waals surface area (Å²) in [5, 5.41) is 16.4. The zero-order valence-electron chi connectivity index (χ0n) is 10.2. The van der Waals surface area contributed by atoms with Crippen LogP contribution in [0.25, 0.3) is 22.6 Å². The summed E-state index contributed by atoms with van der Waals surface area (Å²) in [6.07, 6.45) is 1.58. The van der Waals surface area contributed by atoms with Gasteiger partial charge in [0.25, 0.3) is 0 Å². The van der Waals surface area contributed by atoms with Crippen molar-refractivity contribution in [3.05, 3.63) is 30.5 Å². The van der Waals surface area contributed by atoms with Crippen LogP contribution in [0.1, 0.15) is 0 Å². The van der Waals surface area contributed by atoms with E-state index in [0.29, 0.717) is 11.5 Å². The lowest BCUT2D eigenvalue weighted by molar-refractivity contribution is -0.137. The summed E-state index contributed by atoms with van der Waals surface area (Å²) in [4.78, 5) is 15.1. The third kappa shape index (κ3) is 1.95. The molecule has 2 aromatic heterocycles. The fourth-order valence-corrected chi connectivity index (χ4v) is 1.99. The monoisotopic (exact) mass is 257 g/mol. The average molecular weight is 257 g/mol. The minimum absolute atomic E-state index is 0.211. The maximum Gasteiger partial charge on any atom is 0.325 e. The van der Waals surface area contributed by atoms with Crippen molar-refractivity contribution in [1.29, 1.82) is 0 Å². The number of carboxylic acids is 1. The van der Waals surface area contributed by atoms with E-state index >= 15 is 0 Å². The number of carboxylic acid groups (broad SMARTS) is 1. The lowest BCUT2D eigenvalue weighted by atomic mass is 10.3. The van der Waals surface area contributed by atoms with E-state index in [2.05, 4.69) is 15.3 Å². The number of hydrogen-bond acceptors (Lipinski definition) is 4. The largest absolute Gasteiger partial charge is 0.480 e. The maximum atomic E-state index is 10.6. The SMILES string of the molecule is Cn1c(-c2cn(CC(=O)O)nn2)nc2ccccc21. The summed E-state index contributed by atoms with van der Waals surface area (Å²) in [6, 6.07) is 7.74. The predicted octanol–water partition coefficient (Wildman–Crippen LogP) is 0.916. The third-order valence-corrected chi connectivity index (χ3v) is 2.85. The van der Waals surface area contributed by atoms with Gasteiger partial charge in [-0.25, -0.2) is 9.67 Å². The molecule has 0 aliphatic rings. The molecular formula is C12H11N5O2. The summed E-state index contributed by atoms with van der Waals surface area (Å²) in [6.45, 7) is -0.211. The summed E-state index contributed by atoms with van der Waals surface area (Å²) >= 11 is 0. The van der Waals surface area contributed by atoms with Crippen LogP contribution in [0.3, 0.4) is 0 Å². The van der Waals surface area contributed by atoms with Crippen molar-refractivity contribution in [2.75, 3.05) is 0 Å². The molecule has 1 aromatic carbocycles. The molecule has 0 fully saturated rings. The van der Waals surface area contributed by atoms with Gasteiger partial charge in [0, 0.05) is 7.05 Å². The molecule has 7 heteroatoms. The van der Waals surface area contributed by atoms with Crippen LogP contribution in [0.15, 0.2) is 30.5 Å². The Labute approximate surface area is 108 Å². The number of benzene rings is 1. The average Bonchev–Trinajstić information content (AvgIpc) is 2.94. The molecule has 0 saturated heterocycles. The van der Waals surface area contributed by atoms with E-state index in [-0.39, 0.29) is 6.54 Å². The molecule has 0 spiro atoms. The van der Waals surface area contributed by atoms with Crippen molar-refractivity contribution in [1.82, 2.24) is 24.5 Å². The lowest BCUT2D eigenvalue weighted by Gasteiger charge is -1.97. The van der Waals surface area contributed by atoms with Crippen molar-refractivity contribution in [2.24, 2.45) is 7.05 Å². The second-order valence-electron chi connectivity index (χ2n) is 4.18. The maximum absolute atomic E-state index is 10.6. The highest BCUT2D eigenvalue weighted by Gasteiger charge is 2.13. The van der Waals surface area contributed by atoms with Crippen LogP contribution in [0.2, 0.25) is 0 Å². The molecule has 0 amide bonds. The van der Waals surface area contributed by atoms with Crippen molar-refractivity contribution >= 4 is 17.0 Å². The molecule has 0 radical (unpaired) electrons. The number of aromatic nitrogens is 5. The number of nitrogens with zero attached hydrogens (tertiary/aromatic N) is 5. The van der Waals surface area contributed by atoms with Gasteiger partial charge in [0.15, 0.2) is 5.82 Å². The van der Waals surface area contributed by atoms with Gasteiger partial charge in [0.2, 0.25) is 0 Å². The van der Waals surface area contributed by atoms with Gasteiger partial charge < -0.3 is 9.67 Å². The molecule has 7 nitrogen and oxygen atoms in total. The molecule has 19 heavy (non-hydrogen) atoms.